The Bertz CT molecular complexity index is 574. The molecule has 0 bridgehead atoms. The smallest absolute Gasteiger partial charge is 0.293 e. The lowest BCUT2D eigenvalue weighted by Gasteiger charge is -2.11. The van der Waals surface area contributed by atoms with Gasteiger partial charge in [0.25, 0.3) is 5.56 Å². The second-order valence-corrected chi connectivity index (χ2v) is 5.02. The van der Waals surface area contributed by atoms with Gasteiger partial charge >= 0.3 is 0 Å². The number of nitrogens with zero attached hydrogens (tertiary/aromatic N) is 4. The van der Waals surface area contributed by atoms with Crippen molar-refractivity contribution >= 4 is 5.82 Å². The van der Waals surface area contributed by atoms with Crippen molar-refractivity contribution in [2.24, 2.45) is 0 Å². The SMILES string of the molecule is CC(C)n1ccnc(NCCCCn2ccnc2)c1=O. The number of unbranched alkanes of at least 4 members (excludes halogenated alkanes) is 1. The second-order valence-electron chi connectivity index (χ2n) is 5.02. The third-order valence-corrected chi connectivity index (χ3v) is 3.12. The van der Waals surface area contributed by atoms with Gasteiger partial charge in [-0.1, -0.05) is 0 Å². The number of rotatable bonds is 7. The number of imidazole rings is 1. The average Bonchev–Trinajstić information content (AvgIpc) is 2.93. The molecule has 0 aliphatic carbocycles. The van der Waals surface area contributed by atoms with E-state index in [1.54, 1.807) is 23.2 Å². The number of hydrogen-bond donors (Lipinski definition) is 1. The van der Waals surface area contributed by atoms with E-state index in [1.165, 1.54) is 0 Å². The van der Waals surface area contributed by atoms with E-state index >= 15 is 0 Å². The highest BCUT2D eigenvalue weighted by Crippen LogP contribution is 2.02. The molecule has 0 saturated heterocycles. The summed E-state index contributed by atoms with van der Waals surface area (Å²) in [5.41, 5.74) is -0.0582. The normalized spacial score (nSPS) is 10.9. The molecule has 6 nitrogen and oxygen atoms in total. The van der Waals surface area contributed by atoms with Crippen LogP contribution >= 0.6 is 0 Å². The summed E-state index contributed by atoms with van der Waals surface area (Å²) in [5, 5.41) is 3.12. The van der Waals surface area contributed by atoms with E-state index in [2.05, 4.69) is 15.3 Å². The minimum absolute atomic E-state index is 0.0582. The molecule has 0 radical (unpaired) electrons. The quantitative estimate of drug-likeness (QED) is 0.784. The lowest BCUT2D eigenvalue weighted by atomic mass is 10.3. The maximum atomic E-state index is 12.1. The fourth-order valence-electron chi connectivity index (χ4n) is 2.00. The van der Waals surface area contributed by atoms with Gasteiger partial charge in [-0.3, -0.25) is 4.79 Å². The van der Waals surface area contributed by atoms with E-state index in [-0.39, 0.29) is 11.6 Å². The Hall–Kier alpha value is -2.11. The number of aromatic nitrogens is 4. The Morgan fingerprint density at radius 3 is 2.80 bits per heavy atom. The maximum absolute atomic E-state index is 12.1. The second kappa shape index (κ2) is 6.88. The number of aryl methyl sites for hydroxylation is 1. The standard InChI is InChI=1S/C14H21N5O/c1-12(2)19-10-7-17-13(14(19)20)16-5-3-4-8-18-9-6-15-11-18/h6-7,9-12H,3-5,8H2,1-2H3,(H,16,17). The first-order chi connectivity index (χ1) is 9.68. The van der Waals surface area contributed by atoms with Crippen molar-refractivity contribution in [3.8, 4) is 0 Å². The molecule has 0 saturated carbocycles. The monoisotopic (exact) mass is 275 g/mol. The predicted molar refractivity (Wildman–Crippen MR) is 78.8 cm³/mol. The minimum Gasteiger partial charge on any atom is -0.365 e. The molecule has 0 fully saturated rings. The number of nitrogens with one attached hydrogen (secondary N) is 1. The zero-order valence-corrected chi connectivity index (χ0v) is 12.0. The van der Waals surface area contributed by atoms with Crippen LogP contribution in [-0.2, 0) is 6.54 Å². The maximum Gasteiger partial charge on any atom is 0.293 e. The van der Waals surface area contributed by atoms with Crippen LogP contribution < -0.4 is 10.9 Å². The largest absolute Gasteiger partial charge is 0.365 e. The fraction of sp³-hybridized carbons (Fsp3) is 0.500. The van der Waals surface area contributed by atoms with Crippen LogP contribution in [0.1, 0.15) is 32.7 Å². The van der Waals surface area contributed by atoms with Crippen molar-refractivity contribution in [2.75, 3.05) is 11.9 Å². The first kappa shape index (κ1) is 14.3. The summed E-state index contributed by atoms with van der Waals surface area (Å²) in [6.07, 6.45) is 10.9. The van der Waals surface area contributed by atoms with Crippen LogP contribution in [0.3, 0.4) is 0 Å². The van der Waals surface area contributed by atoms with Gasteiger partial charge in [-0.25, -0.2) is 9.97 Å². The van der Waals surface area contributed by atoms with Crippen molar-refractivity contribution in [3.63, 3.8) is 0 Å². The number of anilines is 1. The van der Waals surface area contributed by atoms with Gasteiger partial charge in [0.05, 0.1) is 6.33 Å². The van der Waals surface area contributed by atoms with Crippen LogP contribution in [0, 0.1) is 0 Å². The fourth-order valence-corrected chi connectivity index (χ4v) is 2.00. The topological polar surface area (TPSA) is 64.7 Å². The summed E-state index contributed by atoms with van der Waals surface area (Å²) in [6.45, 7) is 5.66. The molecular weight excluding hydrogens is 254 g/mol. The van der Waals surface area contributed by atoms with E-state index < -0.39 is 0 Å². The Balaban J connectivity index is 1.79. The Labute approximate surface area is 118 Å². The zero-order chi connectivity index (χ0) is 14.4. The van der Waals surface area contributed by atoms with Gasteiger partial charge in [0, 0.05) is 43.9 Å². The highest BCUT2D eigenvalue weighted by atomic mass is 16.1. The van der Waals surface area contributed by atoms with Crippen LogP contribution in [-0.4, -0.2) is 25.6 Å². The van der Waals surface area contributed by atoms with Gasteiger partial charge in [-0.05, 0) is 26.7 Å². The molecule has 0 aliphatic rings. The van der Waals surface area contributed by atoms with Crippen LogP contribution in [0.15, 0.2) is 35.9 Å². The molecule has 0 unspecified atom stereocenters. The molecule has 0 amide bonds. The van der Waals surface area contributed by atoms with E-state index in [0.717, 1.165) is 25.9 Å². The van der Waals surface area contributed by atoms with Gasteiger partial charge in [0.2, 0.25) is 0 Å². The van der Waals surface area contributed by atoms with Crippen molar-refractivity contribution < 1.29 is 0 Å². The molecule has 2 rings (SSSR count). The molecule has 6 heteroatoms. The van der Waals surface area contributed by atoms with Gasteiger partial charge in [-0.15, -0.1) is 0 Å². The third kappa shape index (κ3) is 3.69. The highest BCUT2D eigenvalue weighted by Gasteiger charge is 2.06. The van der Waals surface area contributed by atoms with Crippen molar-refractivity contribution in [1.29, 1.82) is 0 Å². The lowest BCUT2D eigenvalue weighted by Crippen LogP contribution is -2.25. The molecule has 0 aromatic carbocycles. The summed E-state index contributed by atoms with van der Waals surface area (Å²) in [7, 11) is 0. The molecular formula is C14H21N5O. The number of hydrogen-bond acceptors (Lipinski definition) is 4. The van der Waals surface area contributed by atoms with Gasteiger partial charge in [0.1, 0.15) is 0 Å². The molecule has 0 atom stereocenters. The van der Waals surface area contributed by atoms with Gasteiger partial charge in [-0.2, -0.15) is 0 Å². The molecule has 20 heavy (non-hydrogen) atoms. The van der Waals surface area contributed by atoms with Crippen LogP contribution in [0.5, 0.6) is 0 Å². The molecule has 2 aromatic heterocycles. The third-order valence-electron chi connectivity index (χ3n) is 3.12. The Kier molecular flexibility index (Phi) is 4.92. The first-order valence-electron chi connectivity index (χ1n) is 6.95. The Morgan fingerprint density at radius 2 is 2.10 bits per heavy atom. The highest BCUT2D eigenvalue weighted by molar-refractivity contribution is 5.30. The molecule has 0 spiro atoms. The summed E-state index contributed by atoms with van der Waals surface area (Å²) in [6, 6.07) is 0.146. The minimum atomic E-state index is -0.0582. The summed E-state index contributed by atoms with van der Waals surface area (Å²) < 4.78 is 3.73. The lowest BCUT2D eigenvalue weighted by molar-refractivity contribution is 0.574. The first-order valence-corrected chi connectivity index (χ1v) is 6.95. The zero-order valence-electron chi connectivity index (χ0n) is 12.0. The van der Waals surface area contributed by atoms with Crippen LogP contribution in [0.25, 0.3) is 0 Å². The van der Waals surface area contributed by atoms with Crippen LogP contribution in [0.4, 0.5) is 5.82 Å². The molecule has 0 aliphatic heterocycles. The Morgan fingerprint density at radius 1 is 1.25 bits per heavy atom. The van der Waals surface area contributed by atoms with E-state index in [0.29, 0.717) is 5.82 Å². The van der Waals surface area contributed by atoms with E-state index in [1.807, 2.05) is 30.9 Å². The molecule has 2 heterocycles. The summed E-state index contributed by atoms with van der Waals surface area (Å²) >= 11 is 0. The predicted octanol–water partition coefficient (Wildman–Crippen LogP) is 1.91. The van der Waals surface area contributed by atoms with Gasteiger partial charge < -0.3 is 14.5 Å². The van der Waals surface area contributed by atoms with Gasteiger partial charge in [0.15, 0.2) is 5.82 Å². The summed E-state index contributed by atoms with van der Waals surface area (Å²) in [5.74, 6) is 0.434. The molecule has 2 aromatic rings. The van der Waals surface area contributed by atoms with Crippen molar-refractivity contribution in [2.45, 2.75) is 39.3 Å². The average molecular weight is 275 g/mol. The molecule has 1 N–H and O–H groups in total. The molecule has 108 valence electrons. The van der Waals surface area contributed by atoms with Crippen molar-refractivity contribution in [1.82, 2.24) is 19.1 Å². The van der Waals surface area contributed by atoms with Crippen LogP contribution in [0.2, 0.25) is 0 Å². The van der Waals surface area contributed by atoms with E-state index in [9.17, 15) is 4.79 Å². The van der Waals surface area contributed by atoms with Crippen molar-refractivity contribution in [3.05, 3.63) is 41.5 Å². The summed E-state index contributed by atoms with van der Waals surface area (Å²) in [4.78, 5) is 20.2. The van der Waals surface area contributed by atoms with E-state index in [4.69, 9.17) is 0 Å².